The first-order valence-corrected chi connectivity index (χ1v) is 16.8. The highest BCUT2D eigenvalue weighted by molar-refractivity contribution is 6.43. The van der Waals surface area contributed by atoms with Crippen molar-refractivity contribution in [2.45, 2.75) is 76.5 Å². The number of rotatable bonds is 6. The van der Waals surface area contributed by atoms with E-state index in [1.54, 1.807) is 18.2 Å². The van der Waals surface area contributed by atoms with E-state index in [1.807, 2.05) is 13.0 Å². The first kappa shape index (κ1) is 27.8. The van der Waals surface area contributed by atoms with Crippen LogP contribution in [0.1, 0.15) is 68.1 Å². The topological polar surface area (TPSA) is 74.0 Å². The van der Waals surface area contributed by atoms with Gasteiger partial charge < -0.3 is 14.8 Å². The maximum absolute atomic E-state index is 17.0. The van der Waals surface area contributed by atoms with E-state index in [2.05, 4.69) is 33.8 Å². The van der Waals surface area contributed by atoms with Crippen LogP contribution < -0.4 is 5.32 Å². The number of aromatic nitrogens is 2. The molecule has 5 fully saturated rings. The van der Waals surface area contributed by atoms with Crippen molar-refractivity contribution in [1.29, 1.82) is 5.26 Å². The Bertz CT molecular complexity index is 2060. The highest BCUT2D eigenvalue weighted by atomic mass is 35.5. The van der Waals surface area contributed by atoms with Gasteiger partial charge >= 0.3 is 0 Å². The van der Waals surface area contributed by atoms with E-state index in [4.69, 9.17) is 28.2 Å². The highest BCUT2D eigenvalue weighted by Gasteiger charge is 2.56. The number of amides is 1. The summed E-state index contributed by atoms with van der Waals surface area (Å²) in [6.45, 7) is 5.06. The summed E-state index contributed by atoms with van der Waals surface area (Å²) >= 11 is 13.0. The lowest BCUT2D eigenvalue weighted by Crippen LogP contribution is -2.42. The van der Waals surface area contributed by atoms with Gasteiger partial charge in [-0.1, -0.05) is 35.3 Å². The van der Waals surface area contributed by atoms with Crippen LogP contribution >= 0.6 is 23.2 Å². The molecule has 45 heavy (non-hydrogen) atoms. The number of hydrogen-bond acceptors (Lipinski definition) is 4. The van der Waals surface area contributed by atoms with Crippen molar-refractivity contribution in [3.05, 3.63) is 74.3 Å². The van der Waals surface area contributed by atoms with Gasteiger partial charge in [-0.15, -0.1) is 0 Å². The van der Waals surface area contributed by atoms with Crippen LogP contribution in [0, 0.1) is 35.9 Å². The number of benzene rings is 2. The summed E-state index contributed by atoms with van der Waals surface area (Å²) in [7, 11) is 0. The molecule has 0 spiro atoms. The van der Waals surface area contributed by atoms with Crippen molar-refractivity contribution in [2.75, 3.05) is 6.54 Å². The fourth-order valence-corrected chi connectivity index (χ4v) is 9.07. The van der Waals surface area contributed by atoms with Crippen LogP contribution in [0.5, 0.6) is 0 Å². The van der Waals surface area contributed by atoms with Crippen LogP contribution in [-0.2, 0) is 11.2 Å². The summed E-state index contributed by atoms with van der Waals surface area (Å²) in [6, 6.07) is 12.4. The van der Waals surface area contributed by atoms with Crippen molar-refractivity contribution < 1.29 is 9.18 Å². The Morgan fingerprint density at radius 3 is 2.73 bits per heavy atom. The Morgan fingerprint density at radius 1 is 1.20 bits per heavy atom. The summed E-state index contributed by atoms with van der Waals surface area (Å²) in [5, 5.41) is 15.6. The predicted molar refractivity (Wildman–Crippen MR) is 174 cm³/mol. The van der Waals surface area contributed by atoms with Crippen LogP contribution in [0.4, 0.5) is 4.39 Å². The van der Waals surface area contributed by atoms with E-state index in [0.717, 1.165) is 59.9 Å². The Morgan fingerprint density at radius 2 is 2.02 bits per heavy atom. The number of nitrogens with zero attached hydrogens (tertiary/aromatic N) is 4. The fraction of sp³-hybridized carbons (Fsp3) is 0.417. The Kier molecular flexibility index (Phi) is 6.05. The fourth-order valence-electron chi connectivity index (χ4n) is 8.68. The van der Waals surface area contributed by atoms with Gasteiger partial charge in [-0.05, 0) is 86.8 Å². The van der Waals surface area contributed by atoms with Crippen LogP contribution in [-0.4, -0.2) is 39.0 Å². The van der Waals surface area contributed by atoms with Crippen LogP contribution in [0.2, 0.25) is 10.0 Å². The highest BCUT2D eigenvalue weighted by Crippen LogP contribution is 2.57. The normalized spacial score (nSPS) is 26.5. The zero-order chi connectivity index (χ0) is 30.9. The van der Waals surface area contributed by atoms with Gasteiger partial charge in [0.25, 0.3) is 0 Å². The molecule has 3 aliphatic heterocycles. The molecule has 2 saturated carbocycles. The third-order valence-corrected chi connectivity index (χ3v) is 12.0. The molecule has 6 nitrogen and oxygen atoms in total. The minimum Gasteiger partial charge on any atom is -0.337 e. The predicted octanol–water partition coefficient (Wildman–Crippen LogP) is 7.98. The number of pyridine rings is 1. The summed E-state index contributed by atoms with van der Waals surface area (Å²) < 4.78 is 19.5. The van der Waals surface area contributed by atoms with Crippen LogP contribution in [0.25, 0.3) is 32.9 Å². The lowest BCUT2D eigenvalue weighted by Gasteiger charge is -2.40. The van der Waals surface area contributed by atoms with Crippen molar-refractivity contribution in [3.8, 4) is 17.2 Å². The molecule has 2 aromatic heterocycles. The van der Waals surface area contributed by atoms with Gasteiger partial charge in [0.1, 0.15) is 5.52 Å². The van der Waals surface area contributed by atoms with Crippen molar-refractivity contribution in [3.63, 3.8) is 0 Å². The minimum atomic E-state index is -0.452. The van der Waals surface area contributed by atoms with Gasteiger partial charge in [-0.3, -0.25) is 4.79 Å². The van der Waals surface area contributed by atoms with Crippen molar-refractivity contribution in [2.24, 2.45) is 11.8 Å². The third kappa shape index (κ3) is 3.89. The number of halogens is 3. The Hall–Kier alpha value is -3.44. The Labute approximate surface area is 270 Å². The molecule has 3 saturated heterocycles. The van der Waals surface area contributed by atoms with E-state index < -0.39 is 5.82 Å². The van der Waals surface area contributed by atoms with E-state index in [-0.39, 0.29) is 46.9 Å². The minimum absolute atomic E-state index is 0.0453. The van der Waals surface area contributed by atoms with E-state index in [0.29, 0.717) is 40.1 Å². The first-order valence-electron chi connectivity index (χ1n) is 16.0. The lowest BCUT2D eigenvalue weighted by atomic mass is 9.79. The third-order valence-electron chi connectivity index (χ3n) is 11.1. The number of carbonyl (C=O) groups is 1. The smallest absolute Gasteiger partial charge is 0.227 e. The summed E-state index contributed by atoms with van der Waals surface area (Å²) in [6.07, 6.45) is 4.51. The molecule has 0 unspecified atom stereocenters. The van der Waals surface area contributed by atoms with Gasteiger partial charge in [0.2, 0.25) is 5.91 Å². The molecule has 1 amide bonds. The molecule has 0 radical (unpaired) electrons. The first-order chi connectivity index (χ1) is 21.8. The zero-order valence-corrected chi connectivity index (χ0v) is 26.6. The maximum Gasteiger partial charge on any atom is 0.227 e. The average Bonchev–Trinajstić information content (AvgIpc) is 3.64. The van der Waals surface area contributed by atoms with Gasteiger partial charge in [0.15, 0.2) is 5.82 Å². The average molecular weight is 641 g/mol. The maximum atomic E-state index is 17.0. The number of fused-ring (bicyclic) bond motifs is 5. The Balaban J connectivity index is 1.32. The number of aryl methyl sites for hydroxylation is 2. The second-order valence-electron chi connectivity index (χ2n) is 13.6. The van der Waals surface area contributed by atoms with Gasteiger partial charge in [-0.2, -0.15) is 5.26 Å². The van der Waals surface area contributed by atoms with Crippen molar-refractivity contribution in [1.82, 2.24) is 19.8 Å². The molecule has 228 valence electrons. The van der Waals surface area contributed by atoms with Crippen molar-refractivity contribution >= 4 is 50.9 Å². The standard InChI is InChI=1S/C36H32Cl2FN5O/c1-16-22-13-28(44(33(16)22)36(45)18-8-9-18)27-14-23-17(2)42-32-24(35(23)43(27)34-20-12-26(34)41-15-20)11-19(5-4-10-40)29(31(32)39)21-6-3-7-25(37)30(21)38/h3,6-7,11,14,18,20,26,28,33-34,41H,4-5,8-9,12-13,15H2,1-2H3/t20-,26-,28-,33-,34+/m1/s1. The number of hydrogen-bond donors (Lipinski definition) is 1. The second-order valence-corrected chi connectivity index (χ2v) is 14.4. The lowest BCUT2D eigenvalue weighted by molar-refractivity contribution is -0.134. The molecule has 5 heterocycles. The summed E-state index contributed by atoms with van der Waals surface area (Å²) in [5.74, 6) is 0.435. The molecule has 3 aliphatic carbocycles. The van der Waals surface area contributed by atoms with E-state index in [9.17, 15) is 10.1 Å². The molecular weight excluding hydrogens is 608 g/mol. The number of carbonyl (C=O) groups excluding carboxylic acids is 1. The van der Waals surface area contributed by atoms with Crippen LogP contribution in [0.3, 0.4) is 0 Å². The number of nitriles is 1. The van der Waals surface area contributed by atoms with E-state index >= 15 is 4.39 Å². The summed E-state index contributed by atoms with van der Waals surface area (Å²) in [4.78, 5) is 20.8. The molecule has 6 aliphatic rings. The second kappa shape index (κ2) is 9.78. The molecule has 4 aromatic rings. The molecular formula is C36H32Cl2FN5O. The molecule has 5 atom stereocenters. The summed E-state index contributed by atoms with van der Waals surface area (Å²) in [5.41, 5.74) is 7.43. The number of nitrogens with one attached hydrogen (secondary N) is 1. The van der Waals surface area contributed by atoms with Gasteiger partial charge in [0.05, 0.1) is 39.8 Å². The zero-order valence-electron chi connectivity index (χ0n) is 25.1. The molecule has 2 bridgehead atoms. The molecule has 1 N–H and O–H groups in total. The quantitative estimate of drug-likeness (QED) is 0.217. The molecule has 10 rings (SSSR count). The SMILES string of the molecule is CC1=C2C[C@H](c3cc4c(C)nc5c(F)c(-c6cccc(Cl)c6Cl)c(CCC#N)cc5c4n3[C@H]3[C@H]4CN[C@@H]3C4)N(C(=O)C3CC3)[C@H]12. The molecule has 2 aromatic carbocycles. The number of likely N-dealkylation sites (tertiary alicyclic amines) is 1. The van der Waals surface area contributed by atoms with Crippen LogP contribution in [0.15, 0.2) is 41.5 Å². The van der Waals surface area contributed by atoms with E-state index in [1.165, 1.54) is 11.1 Å². The largest absolute Gasteiger partial charge is 0.337 e. The molecule has 9 heteroatoms. The van der Waals surface area contributed by atoms with Gasteiger partial charge in [0, 0.05) is 58.2 Å². The monoisotopic (exact) mass is 639 g/mol. The van der Waals surface area contributed by atoms with Gasteiger partial charge in [-0.25, -0.2) is 9.37 Å².